The SMILES string of the molecule is Cc1cnc(-c2cccc(C(F)(F)F)c2)c(C=O)c1. The number of aldehydes is 1. The van der Waals surface area contributed by atoms with Gasteiger partial charge in [-0.1, -0.05) is 12.1 Å². The summed E-state index contributed by atoms with van der Waals surface area (Å²) in [6.45, 7) is 1.76. The van der Waals surface area contributed by atoms with Gasteiger partial charge in [-0.15, -0.1) is 0 Å². The molecule has 0 fully saturated rings. The Labute approximate surface area is 107 Å². The summed E-state index contributed by atoms with van der Waals surface area (Å²) in [5.74, 6) is 0. The number of carbonyl (C=O) groups excluding carboxylic acids is 1. The van der Waals surface area contributed by atoms with Crippen molar-refractivity contribution >= 4 is 6.29 Å². The lowest BCUT2D eigenvalue weighted by Crippen LogP contribution is -2.05. The number of rotatable bonds is 2. The molecule has 0 saturated carbocycles. The average Bonchev–Trinajstić information content (AvgIpc) is 2.37. The van der Waals surface area contributed by atoms with Gasteiger partial charge < -0.3 is 0 Å². The molecule has 0 aliphatic carbocycles. The zero-order valence-electron chi connectivity index (χ0n) is 10.0. The molecule has 0 unspecified atom stereocenters. The number of alkyl halides is 3. The number of aromatic nitrogens is 1. The molecular weight excluding hydrogens is 255 g/mol. The van der Waals surface area contributed by atoms with Crippen molar-refractivity contribution in [3.63, 3.8) is 0 Å². The first-order valence-electron chi connectivity index (χ1n) is 5.51. The molecular formula is C14H10F3NO. The Balaban J connectivity index is 2.56. The standard InChI is InChI=1S/C14H10F3NO/c1-9-5-11(8-19)13(18-7-9)10-3-2-4-12(6-10)14(15,16)17/h2-8H,1H3. The van der Waals surface area contributed by atoms with E-state index in [0.29, 0.717) is 6.29 Å². The lowest BCUT2D eigenvalue weighted by atomic mass is 10.0. The maximum absolute atomic E-state index is 12.6. The van der Waals surface area contributed by atoms with Crippen molar-refractivity contribution in [2.24, 2.45) is 0 Å². The minimum Gasteiger partial charge on any atom is -0.298 e. The second-order valence-corrected chi connectivity index (χ2v) is 4.15. The van der Waals surface area contributed by atoms with E-state index in [-0.39, 0.29) is 16.8 Å². The number of halogens is 3. The van der Waals surface area contributed by atoms with Crippen LogP contribution in [0.5, 0.6) is 0 Å². The molecule has 19 heavy (non-hydrogen) atoms. The number of hydrogen-bond acceptors (Lipinski definition) is 2. The predicted molar refractivity (Wildman–Crippen MR) is 64.8 cm³/mol. The van der Waals surface area contributed by atoms with E-state index in [1.807, 2.05) is 0 Å². The molecule has 0 saturated heterocycles. The van der Waals surface area contributed by atoms with Crippen molar-refractivity contribution in [1.29, 1.82) is 0 Å². The van der Waals surface area contributed by atoms with Crippen LogP contribution in [-0.4, -0.2) is 11.3 Å². The lowest BCUT2D eigenvalue weighted by molar-refractivity contribution is -0.137. The summed E-state index contributed by atoms with van der Waals surface area (Å²) in [4.78, 5) is 15.0. The number of benzene rings is 1. The van der Waals surface area contributed by atoms with Crippen LogP contribution in [0.15, 0.2) is 36.5 Å². The maximum atomic E-state index is 12.6. The highest BCUT2D eigenvalue weighted by Crippen LogP contribution is 2.32. The quantitative estimate of drug-likeness (QED) is 0.771. The third-order valence-corrected chi connectivity index (χ3v) is 2.64. The first kappa shape index (κ1) is 13.3. The molecule has 2 aromatic rings. The largest absolute Gasteiger partial charge is 0.416 e. The monoisotopic (exact) mass is 265 g/mol. The Kier molecular flexibility index (Phi) is 3.38. The van der Waals surface area contributed by atoms with Crippen LogP contribution in [0.2, 0.25) is 0 Å². The first-order valence-corrected chi connectivity index (χ1v) is 5.51. The molecule has 0 amide bonds. The molecule has 5 heteroatoms. The van der Waals surface area contributed by atoms with Gasteiger partial charge in [0.15, 0.2) is 6.29 Å². The van der Waals surface area contributed by atoms with Crippen LogP contribution in [0, 0.1) is 6.92 Å². The van der Waals surface area contributed by atoms with E-state index < -0.39 is 11.7 Å². The van der Waals surface area contributed by atoms with Crippen molar-refractivity contribution in [3.8, 4) is 11.3 Å². The van der Waals surface area contributed by atoms with Gasteiger partial charge in [-0.2, -0.15) is 13.2 Å². The molecule has 2 nitrogen and oxygen atoms in total. The highest BCUT2D eigenvalue weighted by molar-refractivity contribution is 5.85. The zero-order valence-corrected chi connectivity index (χ0v) is 10.0. The Bertz CT molecular complexity index is 620. The Morgan fingerprint density at radius 2 is 1.95 bits per heavy atom. The van der Waals surface area contributed by atoms with Crippen molar-refractivity contribution in [3.05, 3.63) is 53.2 Å². The number of aryl methyl sites for hydroxylation is 1. The number of nitrogens with zero attached hydrogens (tertiary/aromatic N) is 1. The topological polar surface area (TPSA) is 30.0 Å². The highest BCUT2D eigenvalue weighted by atomic mass is 19.4. The van der Waals surface area contributed by atoms with Crippen LogP contribution in [0.1, 0.15) is 21.5 Å². The van der Waals surface area contributed by atoms with E-state index in [2.05, 4.69) is 4.98 Å². The summed E-state index contributed by atoms with van der Waals surface area (Å²) < 4.78 is 37.9. The van der Waals surface area contributed by atoms with Crippen LogP contribution < -0.4 is 0 Å². The van der Waals surface area contributed by atoms with Gasteiger partial charge in [-0.05, 0) is 30.7 Å². The van der Waals surface area contributed by atoms with Gasteiger partial charge >= 0.3 is 6.18 Å². The molecule has 0 radical (unpaired) electrons. The van der Waals surface area contributed by atoms with Crippen LogP contribution >= 0.6 is 0 Å². The van der Waals surface area contributed by atoms with Gasteiger partial charge in [-0.25, -0.2) is 0 Å². The van der Waals surface area contributed by atoms with Crippen molar-refractivity contribution in [2.75, 3.05) is 0 Å². The number of carbonyl (C=O) groups is 1. The summed E-state index contributed by atoms with van der Waals surface area (Å²) in [5.41, 5.74) is 0.824. The lowest BCUT2D eigenvalue weighted by Gasteiger charge is -2.09. The molecule has 1 aromatic carbocycles. The van der Waals surface area contributed by atoms with Gasteiger partial charge in [0.1, 0.15) is 0 Å². The number of hydrogen-bond donors (Lipinski definition) is 0. The van der Waals surface area contributed by atoms with Gasteiger partial charge in [-0.3, -0.25) is 9.78 Å². The molecule has 0 atom stereocenters. The summed E-state index contributed by atoms with van der Waals surface area (Å²) >= 11 is 0. The van der Waals surface area contributed by atoms with Gasteiger partial charge in [0.25, 0.3) is 0 Å². The molecule has 2 rings (SSSR count). The highest BCUT2D eigenvalue weighted by Gasteiger charge is 2.30. The molecule has 0 bridgehead atoms. The fraction of sp³-hybridized carbons (Fsp3) is 0.143. The molecule has 0 aliphatic heterocycles. The van der Waals surface area contributed by atoms with E-state index in [1.165, 1.54) is 18.3 Å². The van der Waals surface area contributed by atoms with Crippen LogP contribution in [0.4, 0.5) is 13.2 Å². The molecule has 0 spiro atoms. The summed E-state index contributed by atoms with van der Waals surface area (Å²) in [6.07, 6.45) is -2.31. The zero-order chi connectivity index (χ0) is 14.0. The van der Waals surface area contributed by atoms with Crippen LogP contribution in [0.3, 0.4) is 0 Å². The maximum Gasteiger partial charge on any atom is 0.416 e. The molecule has 1 heterocycles. The van der Waals surface area contributed by atoms with Gasteiger partial charge in [0, 0.05) is 17.3 Å². The third kappa shape index (κ3) is 2.81. The second kappa shape index (κ2) is 4.84. The van der Waals surface area contributed by atoms with Gasteiger partial charge in [0.05, 0.1) is 11.3 Å². The first-order chi connectivity index (χ1) is 8.91. The van der Waals surface area contributed by atoms with Crippen LogP contribution in [0.25, 0.3) is 11.3 Å². The van der Waals surface area contributed by atoms with Gasteiger partial charge in [0.2, 0.25) is 0 Å². The van der Waals surface area contributed by atoms with E-state index >= 15 is 0 Å². The summed E-state index contributed by atoms with van der Waals surface area (Å²) in [7, 11) is 0. The fourth-order valence-electron chi connectivity index (χ4n) is 1.77. The minimum absolute atomic E-state index is 0.256. The second-order valence-electron chi connectivity index (χ2n) is 4.15. The van der Waals surface area contributed by atoms with E-state index in [4.69, 9.17) is 0 Å². The predicted octanol–water partition coefficient (Wildman–Crippen LogP) is 3.89. The smallest absolute Gasteiger partial charge is 0.298 e. The Morgan fingerprint density at radius 3 is 2.58 bits per heavy atom. The summed E-state index contributed by atoms with van der Waals surface area (Å²) in [6, 6.07) is 6.37. The summed E-state index contributed by atoms with van der Waals surface area (Å²) in [5, 5.41) is 0. The van der Waals surface area contributed by atoms with E-state index in [1.54, 1.807) is 13.0 Å². The Hall–Kier alpha value is -2.17. The van der Waals surface area contributed by atoms with Crippen molar-refractivity contribution in [1.82, 2.24) is 4.98 Å². The fourth-order valence-corrected chi connectivity index (χ4v) is 1.77. The minimum atomic E-state index is -4.41. The van der Waals surface area contributed by atoms with E-state index in [9.17, 15) is 18.0 Å². The molecule has 98 valence electrons. The molecule has 0 aliphatic rings. The number of pyridine rings is 1. The Morgan fingerprint density at radius 1 is 1.21 bits per heavy atom. The third-order valence-electron chi connectivity index (χ3n) is 2.64. The normalized spacial score (nSPS) is 11.4. The van der Waals surface area contributed by atoms with Crippen LogP contribution in [-0.2, 0) is 6.18 Å². The van der Waals surface area contributed by atoms with Crippen molar-refractivity contribution in [2.45, 2.75) is 13.1 Å². The molecule has 1 aromatic heterocycles. The molecule has 0 N–H and O–H groups in total. The van der Waals surface area contributed by atoms with E-state index in [0.717, 1.165) is 17.7 Å². The average molecular weight is 265 g/mol. The van der Waals surface area contributed by atoms with Crippen molar-refractivity contribution < 1.29 is 18.0 Å².